The molecule has 1 aromatic carbocycles. The summed E-state index contributed by atoms with van der Waals surface area (Å²) in [7, 11) is 0. The van der Waals surface area contributed by atoms with Gasteiger partial charge >= 0.3 is 0 Å². The molecule has 0 bridgehead atoms. The van der Waals surface area contributed by atoms with Crippen LogP contribution in [-0.2, 0) is 11.2 Å². The van der Waals surface area contributed by atoms with E-state index < -0.39 is 0 Å². The zero-order valence-electron chi connectivity index (χ0n) is 9.88. The number of alkyl halides is 1. The molecule has 0 aromatic heterocycles. The minimum Gasteiger partial charge on any atom is -0.490 e. The van der Waals surface area contributed by atoms with Crippen LogP contribution in [0.15, 0.2) is 10.5 Å². The highest BCUT2D eigenvalue weighted by molar-refractivity contribution is 9.10. The van der Waals surface area contributed by atoms with E-state index >= 15 is 0 Å². The molecule has 0 N–H and O–H groups in total. The molecule has 0 radical (unpaired) electrons. The highest BCUT2D eigenvalue weighted by Gasteiger charge is 2.27. The lowest BCUT2D eigenvalue weighted by molar-refractivity contribution is 0.143. The summed E-state index contributed by atoms with van der Waals surface area (Å²) in [5.74, 6) is 1.59. The van der Waals surface area contributed by atoms with Crippen LogP contribution in [0.4, 0.5) is 0 Å². The van der Waals surface area contributed by atoms with Crippen molar-refractivity contribution in [2.75, 3.05) is 26.4 Å². The second-order valence-electron chi connectivity index (χ2n) is 4.42. The van der Waals surface area contributed by atoms with Crippen LogP contribution in [0.5, 0.6) is 11.5 Å². The van der Waals surface area contributed by atoms with Crippen LogP contribution >= 0.6 is 27.5 Å². The first-order valence-electron chi connectivity index (χ1n) is 6.10. The summed E-state index contributed by atoms with van der Waals surface area (Å²) in [5.41, 5.74) is 2.21. The molecule has 2 aliphatic rings. The highest BCUT2D eigenvalue weighted by Crippen LogP contribution is 2.45. The fraction of sp³-hybridized carbons (Fsp3) is 0.538. The van der Waals surface area contributed by atoms with Crippen molar-refractivity contribution in [1.29, 1.82) is 0 Å². The Bertz CT molecular complexity index is 464. The number of rotatable bonds is 0. The largest absolute Gasteiger partial charge is 0.490 e. The number of benzene rings is 1. The fourth-order valence-corrected chi connectivity index (χ4v) is 3.31. The molecule has 0 aliphatic carbocycles. The molecular formula is C13H14BrClO3. The van der Waals surface area contributed by atoms with E-state index in [0.717, 1.165) is 34.4 Å². The second kappa shape index (κ2) is 5.27. The summed E-state index contributed by atoms with van der Waals surface area (Å²) in [6, 6.07) is 1.98. The normalized spacial score (nSPS) is 22.9. The molecule has 0 saturated heterocycles. The maximum absolute atomic E-state index is 6.43. The molecule has 0 saturated carbocycles. The van der Waals surface area contributed by atoms with E-state index in [-0.39, 0.29) is 5.38 Å². The quantitative estimate of drug-likeness (QED) is 0.681. The maximum atomic E-state index is 6.43. The third-order valence-corrected chi connectivity index (χ3v) is 4.26. The van der Waals surface area contributed by atoms with E-state index in [4.69, 9.17) is 25.8 Å². The van der Waals surface area contributed by atoms with Crippen LogP contribution in [0.25, 0.3) is 0 Å². The van der Waals surface area contributed by atoms with Gasteiger partial charge in [0.05, 0.1) is 31.8 Å². The molecule has 1 aromatic rings. The molecule has 18 heavy (non-hydrogen) atoms. The van der Waals surface area contributed by atoms with Crippen molar-refractivity contribution in [1.82, 2.24) is 0 Å². The van der Waals surface area contributed by atoms with E-state index in [0.29, 0.717) is 26.4 Å². The van der Waals surface area contributed by atoms with Gasteiger partial charge in [-0.2, -0.15) is 0 Å². The third-order valence-electron chi connectivity index (χ3n) is 3.21. The Morgan fingerprint density at radius 3 is 2.94 bits per heavy atom. The predicted octanol–water partition coefficient (Wildman–Crippen LogP) is 3.46. The van der Waals surface area contributed by atoms with Gasteiger partial charge in [-0.05, 0) is 18.1 Å². The number of hydrogen-bond donors (Lipinski definition) is 0. The lowest BCUT2D eigenvalue weighted by Gasteiger charge is -2.19. The topological polar surface area (TPSA) is 27.7 Å². The zero-order chi connectivity index (χ0) is 12.5. The van der Waals surface area contributed by atoms with Gasteiger partial charge in [-0.15, -0.1) is 11.6 Å². The Kier molecular flexibility index (Phi) is 3.68. The first-order valence-corrected chi connectivity index (χ1v) is 7.33. The number of ether oxygens (including phenoxy) is 3. The van der Waals surface area contributed by atoms with Gasteiger partial charge < -0.3 is 14.2 Å². The lowest BCUT2D eigenvalue weighted by atomic mass is 10.0. The fourth-order valence-electron chi connectivity index (χ4n) is 2.37. The van der Waals surface area contributed by atoms with E-state index in [9.17, 15) is 0 Å². The van der Waals surface area contributed by atoms with Crippen molar-refractivity contribution in [2.24, 2.45) is 0 Å². The molecular weight excluding hydrogens is 319 g/mol. The van der Waals surface area contributed by atoms with Gasteiger partial charge in [0.2, 0.25) is 0 Å². The summed E-state index contributed by atoms with van der Waals surface area (Å²) in [4.78, 5) is 0. The van der Waals surface area contributed by atoms with Gasteiger partial charge in [0.15, 0.2) is 11.5 Å². The summed E-state index contributed by atoms with van der Waals surface area (Å²) < 4.78 is 18.1. The van der Waals surface area contributed by atoms with Crippen molar-refractivity contribution in [2.45, 2.75) is 18.2 Å². The Morgan fingerprint density at radius 2 is 2.06 bits per heavy atom. The van der Waals surface area contributed by atoms with Crippen molar-refractivity contribution in [3.05, 3.63) is 21.7 Å². The van der Waals surface area contributed by atoms with Gasteiger partial charge in [0.25, 0.3) is 0 Å². The Morgan fingerprint density at radius 1 is 1.22 bits per heavy atom. The molecule has 2 heterocycles. The molecule has 3 rings (SSSR count). The molecule has 3 nitrogen and oxygen atoms in total. The number of fused-ring (bicyclic) bond motifs is 3. The van der Waals surface area contributed by atoms with Gasteiger partial charge in [-0.25, -0.2) is 0 Å². The van der Waals surface area contributed by atoms with Crippen molar-refractivity contribution in [3.63, 3.8) is 0 Å². The first-order chi connectivity index (χ1) is 8.77. The van der Waals surface area contributed by atoms with Crippen LogP contribution in [0.2, 0.25) is 0 Å². The number of hydrogen-bond acceptors (Lipinski definition) is 3. The van der Waals surface area contributed by atoms with Gasteiger partial charge in [0, 0.05) is 16.5 Å². The first kappa shape index (κ1) is 12.6. The molecule has 0 amide bonds. The van der Waals surface area contributed by atoms with E-state index in [1.54, 1.807) is 0 Å². The number of halogens is 2. The Labute approximate surface area is 119 Å². The molecule has 1 atom stereocenters. The molecule has 0 spiro atoms. The molecule has 0 fully saturated rings. The minimum atomic E-state index is -0.185. The van der Waals surface area contributed by atoms with Crippen molar-refractivity contribution < 1.29 is 14.2 Å². The molecule has 1 unspecified atom stereocenters. The third kappa shape index (κ3) is 2.22. The van der Waals surface area contributed by atoms with Crippen LogP contribution < -0.4 is 9.47 Å². The highest BCUT2D eigenvalue weighted by atomic mass is 79.9. The summed E-state index contributed by atoms with van der Waals surface area (Å²) >= 11 is 10.0. The van der Waals surface area contributed by atoms with Crippen molar-refractivity contribution in [3.8, 4) is 11.5 Å². The van der Waals surface area contributed by atoms with E-state index in [1.807, 2.05) is 6.07 Å². The predicted molar refractivity (Wildman–Crippen MR) is 72.9 cm³/mol. The average Bonchev–Trinajstić information content (AvgIpc) is 2.68. The summed E-state index contributed by atoms with van der Waals surface area (Å²) in [6.07, 6.45) is 1.74. The molecule has 5 heteroatoms. The zero-order valence-corrected chi connectivity index (χ0v) is 12.2. The standard InChI is InChI=1S/C13H14BrClO3/c14-9-6-11-13(18-4-1-3-17-11)12-8(9)2-5-16-7-10(12)15/h6,10H,1-5,7H2. The van der Waals surface area contributed by atoms with Gasteiger partial charge in [-0.1, -0.05) is 15.9 Å². The van der Waals surface area contributed by atoms with Crippen LogP contribution in [0.1, 0.15) is 22.9 Å². The van der Waals surface area contributed by atoms with Gasteiger partial charge in [-0.3, -0.25) is 0 Å². The van der Waals surface area contributed by atoms with E-state index in [2.05, 4.69) is 15.9 Å². The second-order valence-corrected chi connectivity index (χ2v) is 5.80. The average molecular weight is 334 g/mol. The lowest BCUT2D eigenvalue weighted by Crippen LogP contribution is -2.05. The summed E-state index contributed by atoms with van der Waals surface area (Å²) in [5, 5.41) is -0.185. The van der Waals surface area contributed by atoms with E-state index in [1.165, 1.54) is 5.56 Å². The summed E-state index contributed by atoms with van der Waals surface area (Å²) in [6.45, 7) is 2.56. The van der Waals surface area contributed by atoms with Crippen LogP contribution in [0, 0.1) is 0 Å². The molecule has 2 aliphatic heterocycles. The van der Waals surface area contributed by atoms with Crippen LogP contribution in [-0.4, -0.2) is 26.4 Å². The Hall–Kier alpha value is -0.450. The molecule has 98 valence electrons. The minimum absolute atomic E-state index is 0.185. The smallest absolute Gasteiger partial charge is 0.166 e. The van der Waals surface area contributed by atoms with Crippen molar-refractivity contribution >= 4 is 27.5 Å². The maximum Gasteiger partial charge on any atom is 0.166 e. The Balaban J connectivity index is 2.17. The van der Waals surface area contributed by atoms with Gasteiger partial charge in [0.1, 0.15) is 0 Å². The SMILES string of the molecule is ClC1COCCc2c(Br)cc3c(c21)OCCCO3. The van der Waals surface area contributed by atoms with Crippen LogP contribution in [0.3, 0.4) is 0 Å². The monoisotopic (exact) mass is 332 g/mol.